The van der Waals surface area contributed by atoms with Gasteiger partial charge >= 0.3 is 0 Å². The largest absolute Gasteiger partial charge is 0.397 e. The summed E-state index contributed by atoms with van der Waals surface area (Å²) in [5, 5.41) is 5.18. The minimum atomic E-state index is 0.642. The monoisotopic (exact) mass is 249 g/mol. The van der Waals surface area contributed by atoms with E-state index >= 15 is 0 Å². The first-order valence-electron chi connectivity index (χ1n) is 5.65. The van der Waals surface area contributed by atoms with E-state index in [2.05, 4.69) is 18.9 Å². The van der Waals surface area contributed by atoms with Crippen LogP contribution in [0.2, 0.25) is 5.02 Å². The molecule has 90 valence electrons. The van der Waals surface area contributed by atoms with Gasteiger partial charge in [0.1, 0.15) is 0 Å². The van der Waals surface area contributed by atoms with Crippen LogP contribution < -0.4 is 5.73 Å². The van der Waals surface area contributed by atoms with Gasteiger partial charge in [-0.15, -0.1) is 0 Å². The van der Waals surface area contributed by atoms with E-state index < -0.39 is 0 Å². The van der Waals surface area contributed by atoms with Crippen molar-refractivity contribution >= 4 is 17.3 Å². The van der Waals surface area contributed by atoms with Crippen molar-refractivity contribution in [2.24, 2.45) is 0 Å². The number of rotatable bonds is 2. The number of aryl methyl sites for hydroxylation is 1. The van der Waals surface area contributed by atoms with Crippen LogP contribution in [-0.2, 0) is 6.42 Å². The van der Waals surface area contributed by atoms with Crippen LogP contribution >= 0.6 is 11.6 Å². The lowest BCUT2D eigenvalue weighted by atomic mass is 10.1. The zero-order chi connectivity index (χ0) is 12.6. The molecule has 0 amide bonds. The van der Waals surface area contributed by atoms with Crippen LogP contribution in [-0.4, -0.2) is 9.78 Å². The van der Waals surface area contributed by atoms with E-state index in [0.717, 1.165) is 23.5 Å². The van der Waals surface area contributed by atoms with Crippen molar-refractivity contribution in [3.05, 3.63) is 40.2 Å². The van der Waals surface area contributed by atoms with E-state index in [1.165, 1.54) is 5.56 Å². The van der Waals surface area contributed by atoms with E-state index in [-0.39, 0.29) is 0 Å². The SMILES string of the molecule is CCc1c(C)nn(-c2ccc(Cl)cc2N)c1C. The Labute approximate surface area is 106 Å². The Morgan fingerprint density at radius 1 is 1.35 bits per heavy atom. The maximum absolute atomic E-state index is 5.98. The van der Waals surface area contributed by atoms with Gasteiger partial charge < -0.3 is 5.73 Å². The third-order valence-electron chi connectivity index (χ3n) is 3.01. The van der Waals surface area contributed by atoms with Crippen LogP contribution in [0.3, 0.4) is 0 Å². The summed E-state index contributed by atoms with van der Waals surface area (Å²) in [6.45, 7) is 6.22. The smallest absolute Gasteiger partial charge is 0.0879 e. The van der Waals surface area contributed by atoms with Crippen LogP contribution in [0.15, 0.2) is 18.2 Å². The topological polar surface area (TPSA) is 43.8 Å². The maximum atomic E-state index is 5.98. The van der Waals surface area contributed by atoms with Crippen molar-refractivity contribution in [2.45, 2.75) is 27.2 Å². The molecule has 1 heterocycles. The Balaban J connectivity index is 2.61. The molecule has 0 saturated heterocycles. The lowest BCUT2D eigenvalue weighted by Gasteiger charge is -2.08. The molecule has 0 radical (unpaired) electrons. The Kier molecular flexibility index (Phi) is 3.11. The first kappa shape index (κ1) is 12.0. The highest BCUT2D eigenvalue weighted by molar-refractivity contribution is 6.30. The number of halogens is 1. The van der Waals surface area contributed by atoms with Crippen molar-refractivity contribution in [3.8, 4) is 5.69 Å². The third-order valence-corrected chi connectivity index (χ3v) is 3.25. The van der Waals surface area contributed by atoms with Gasteiger partial charge in [0.05, 0.1) is 17.1 Å². The summed E-state index contributed by atoms with van der Waals surface area (Å²) in [5.74, 6) is 0. The molecule has 2 aromatic rings. The highest BCUT2D eigenvalue weighted by Crippen LogP contribution is 2.25. The first-order chi connectivity index (χ1) is 8.04. The maximum Gasteiger partial charge on any atom is 0.0879 e. The summed E-state index contributed by atoms with van der Waals surface area (Å²) in [7, 11) is 0. The summed E-state index contributed by atoms with van der Waals surface area (Å²) in [6.07, 6.45) is 0.977. The second-order valence-corrected chi connectivity index (χ2v) is 4.55. The molecule has 0 bridgehead atoms. The average Bonchev–Trinajstić information content (AvgIpc) is 2.54. The summed E-state index contributed by atoms with van der Waals surface area (Å²) in [6, 6.07) is 5.48. The van der Waals surface area contributed by atoms with Gasteiger partial charge in [-0.25, -0.2) is 4.68 Å². The Bertz CT molecular complexity index is 558. The molecule has 0 atom stereocenters. The molecule has 2 N–H and O–H groups in total. The number of benzene rings is 1. The lowest BCUT2D eigenvalue weighted by Crippen LogP contribution is -2.03. The predicted molar refractivity (Wildman–Crippen MR) is 71.8 cm³/mol. The van der Waals surface area contributed by atoms with Crippen molar-refractivity contribution in [2.75, 3.05) is 5.73 Å². The standard InChI is InChI=1S/C13H16ClN3/c1-4-11-8(2)16-17(9(11)3)13-6-5-10(14)7-12(13)15/h5-7H,4,15H2,1-3H3. The molecule has 0 unspecified atom stereocenters. The third kappa shape index (κ3) is 2.03. The fourth-order valence-electron chi connectivity index (χ4n) is 2.14. The van der Waals surface area contributed by atoms with Gasteiger partial charge in [0.15, 0.2) is 0 Å². The molecular formula is C13H16ClN3. The average molecular weight is 250 g/mol. The molecule has 0 aliphatic rings. The quantitative estimate of drug-likeness (QED) is 0.830. The van der Waals surface area contributed by atoms with Crippen molar-refractivity contribution in [1.82, 2.24) is 9.78 Å². The molecule has 1 aromatic heterocycles. The van der Waals surface area contributed by atoms with Crippen LogP contribution in [0.25, 0.3) is 5.69 Å². The van der Waals surface area contributed by atoms with Gasteiger partial charge in [0, 0.05) is 10.7 Å². The lowest BCUT2D eigenvalue weighted by molar-refractivity contribution is 0.835. The fraction of sp³-hybridized carbons (Fsp3) is 0.308. The van der Waals surface area contributed by atoms with E-state index in [0.29, 0.717) is 10.7 Å². The molecule has 0 fully saturated rings. The molecule has 4 heteroatoms. The zero-order valence-corrected chi connectivity index (χ0v) is 11.0. The summed E-state index contributed by atoms with van der Waals surface area (Å²) < 4.78 is 1.89. The second-order valence-electron chi connectivity index (χ2n) is 4.12. The molecule has 17 heavy (non-hydrogen) atoms. The normalized spacial score (nSPS) is 10.8. The molecular weight excluding hydrogens is 234 g/mol. The van der Waals surface area contributed by atoms with Crippen molar-refractivity contribution in [3.63, 3.8) is 0 Å². The summed E-state index contributed by atoms with van der Waals surface area (Å²) in [5.41, 5.74) is 11.0. The number of nitrogen functional groups attached to an aromatic ring is 1. The highest BCUT2D eigenvalue weighted by atomic mass is 35.5. The number of nitrogens with zero attached hydrogens (tertiary/aromatic N) is 2. The van der Waals surface area contributed by atoms with Gasteiger partial charge in [0.2, 0.25) is 0 Å². The van der Waals surface area contributed by atoms with Gasteiger partial charge in [-0.05, 0) is 44.0 Å². The Hall–Kier alpha value is -1.48. The van der Waals surface area contributed by atoms with Crippen LogP contribution in [0, 0.1) is 13.8 Å². The Morgan fingerprint density at radius 3 is 2.59 bits per heavy atom. The molecule has 1 aromatic carbocycles. The number of anilines is 1. The van der Waals surface area contributed by atoms with Crippen molar-refractivity contribution < 1.29 is 0 Å². The molecule has 0 saturated carbocycles. The number of nitrogens with two attached hydrogens (primary N) is 1. The fourth-order valence-corrected chi connectivity index (χ4v) is 2.32. The van der Waals surface area contributed by atoms with E-state index in [1.54, 1.807) is 6.07 Å². The molecule has 0 aliphatic heterocycles. The van der Waals surface area contributed by atoms with Crippen molar-refractivity contribution in [1.29, 1.82) is 0 Å². The number of aromatic nitrogens is 2. The molecule has 2 rings (SSSR count). The van der Waals surface area contributed by atoms with Crippen LogP contribution in [0.5, 0.6) is 0 Å². The molecule has 0 spiro atoms. The van der Waals surface area contributed by atoms with Gasteiger partial charge in [-0.3, -0.25) is 0 Å². The minimum absolute atomic E-state index is 0.642. The van der Waals surface area contributed by atoms with Gasteiger partial charge in [-0.1, -0.05) is 18.5 Å². The van der Waals surface area contributed by atoms with E-state index in [1.807, 2.05) is 23.7 Å². The van der Waals surface area contributed by atoms with E-state index in [9.17, 15) is 0 Å². The Morgan fingerprint density at radius 2 is 2.06 bits per heavy atom. The molecule has 3 nitrogen and oxygen atoms in total. The van der Waals surface area contributed by atoms with E-state index in [4.69, 9.17) is 17.3 Å². The van der Waals surface area contributed by atoms with Gasteiger partial charge in [-0.2, -0.15) is 5.10 Å². The predicted octanol–water partition coefficient (Wildman–Crippen LogP) is 3.29. The number of hydrogen-bond acceptors (Lipinski definition) is 2. The highest BCUT2D eigenvalue weighted by Gasteiger charge is 2.12. The number of hydrogen-bond donors (Lipinski definition) is 1. The van der Waals surface area contributed by atoms with Gasteiger partial charge in [0.25, 0.3) is 0 Å². The summed E-state index contributed by atoms with van der Waals surface area (Å²) in [4.78, 5) is 0. The molecule has 0 aliphatic carbocycles. The van der Waals surface area contributed by atoms with Crippen LogP contribution in [0.1, 0.15) is 23.9 Å². The summed E-state index contributed by atoms with van der Waals surface area (Å²) >= 11 is 5.90. The first-order valence-corrected chi connectivity index (χ1v) is 6.03. The minimum Gasteiger partial charge on any atom is -0.397 e. The van der Waals surface area contributed by atoms with Crippen LogP contribution in [0.4, 0.5) is 5.69 Å². The second kappa shape index (κ2) is 4.41. The zero-order valence-electron chi connectivity index (χ0n) is 10.3.